The quantitative estimate of drug-likeness (QED) is 0.793. The molecule has 0 unspecified atom stereocenters. The van der Waals surface area contributed by atoms with E-state index in [-0.39, 0.29) is 11.6 Å². The van der Waals surface area contributed by atoms with Gasteiger partial charge in [-0.05, 0) is 17.9 Å². The second kappa shape index (κ2) is 4.84. The van der Waals surface area contributed by atoms with Gasteiger partial charge in [0.15, 0.2) is 5.69 Å². The molecule has 1 amide bonds. The number of hydrogen-bond acceptors (Lipinski definition) is 3. The molecule has 1 aliphatic heterocycles. The number of alkyl halides is 3. The predicted octanol–water partition coefficient (Wildman–Crippen LogP) is 1.58. The largest absolute Gasteiger partial charge is 0.433 e. The smallest absolute Gasteiger partial charge is 0.336 e. The Hall–Kier alpha value is -2.32. The van der Waals surface area contributed by atoms with E-state index in [1.54, 1.807) is 9.58 Å². The number of likely N-dealkylation sites (tertiary alicyclic amines) is 1. The van der Waals surface area contributed by atoms with Crippen LogP contribution >= 0.6 is 0 Å². The minimum absolute atomic E-state index is 0.161. The minimum atomic E-state index is -4.52. The van der Waals surface area contributed by atoms with Gasteiger partial charge in [0.1, 0.15) is 5.69 Å². The molecule has 0 radical (unpaired) electrons. The van der Waals surface area contributed by atoms with Crippen molar-refractivity contribution in [1.82, 2.24) is 24.5 Å². The number of nitrogens with zero attached hydrogens (tertiary/aromatic N) is 5. The highest BCUT2D eigenvalue weighted by Crippen LogP contribution is 2.42. The van der Waals surface area contributed by atoms with Crippen LogP contribution in [0.4, 0.5) is 13.2 Å². The van der Waals surface area contributed by atoms with Gasteiger partial charge >= 0.3 is 6.18 Å². The van der Waals surface area contributed by atoms with Crippen molar-refractivity contribution in [1.29, 1.82) is 0 Å². The highest BCUT2D eigenvalue weighted by molar-refractivity contribution is 5.92. The Morgan fingerprint density at radius 2 is 2.00 bits per heavy atom. The fraction of sp³-hybridized carbons (Fsp3) is 0.533. The molecule has 0 bridgehead atoms. The number of hydrogen-bond donors (Lipinski definition) is 0. The Balaban J connectivity index is 1.55. The maximum atomic E-state index is 12.9. The molecule has 24 heavy (non-hydrogen) atoms. The van der Waals surface area contributed by atoms with Gasteiger partial charge in [0, 0.05) is 45.4 Å². The third-order valence-electron chi connectivity index (χ3n) is 4.89. The zero-order valence-electron chi connectivity index (χ0n) is 13.2. The summed E-state index contributed by atoms with van der Waals surface area (Å²) < 4.78 is 41.1. The summed E-state index contributed by atoms with van der Waals surface area (Å²) in [5.41, 5.74) is 1.13. The summed E-state index contributed by atoms with van der Waals surface area (Å²) in [5, 5.41) is 8.21. The van der Waals surface area contributed by atoms with E-state index in [4.69, 9.17) is 0 Å². The second-order valence-corrected chi connectivity index (χ2v) is 6.53. The van der Waals surface area contributed by atoms with Crippen LogP contribution in [0.25, 0.3) is 0 Å². The fourth-order valence-electron chi connectivity index (χ4n) is 3.86. The monoisotopic (exact) mass is 339 g/mol. The highest BCUT2D eigenvalue weighted by Gasteiger charge is 2.44. The summed E-state index contributed by atoms with van der Waals surface area (Å²) >= 11 is 0. The number of carbonyl (C=O) groups excluding carboxylic acids is 1. The minimum Gasteiger partial charge on any atom is -0.336 e. The first-order valence-electron chi connectivity index (χ1n) is 7.67. The van der Waals surface area contributed by atoms with Crippen LogP contribution in [0.1, 0.15) is 33.4 Å². The number of amides is 1. The first-order chi connectivity index (χ1) is 11.2. The molecule has 6 nitrogen and oxygen atoms in total. The molecular weight excluding hydrogens is 323 g/mol. The molecule has 0 saturated carbocycles. The summed E-state index contributed by atoms with van der Waals surface area (Å²) in [6.45, 7) is 1.01. The van der Waals surface area contributed by atoms with Crippen LogP contribution < -0.4 is 0 Å². The van der Waals surface area contributed by atoms with E-state index in [2.05, 4.69) is 10.2 Å². The molecule has 2 aromatic rings. The van der Waals surface area contributed by atoms with E-state index in [1.165, 1.54) is 12.6 Å². The summed E-state index contributed by atoms with van der Waals surface area (Å²) in [5.74, 6) is 0.00220. The molecule has 1 saturated heterocycles. The average molecular weight is 339 g/mol. The van der Waals surface area contributed by atoms with Crippen molar-refractivity contribution in [2.45, 2.75) is 18.5 Å². The Labute approximate surface area is 135 Å². The van der Waals surface area contributed by atoms with Gasteiger partial charge in [0.25, 0.3) is 5.91 Å². The van der Waals surface area contributed by atoms with E-state index in [9.17, 15) is 18.0 Å². The van der Waals surface area contributed by atoms with Gasteiger partial charge in [-0.1, -0.05) is 0 Å². The van der Waals surface area contributed by atoms with Gasteiger partial charge in [-0.25, -0.2) is 0 Å². The molecule has 4 rings (SSSR count). The summed E-state index contributed by atoms with van der Waals surface area (Å²) in [4.78, 5) is 14.1. The van der Waals surface area contributed by atoms with E-state index < -0.39 is 17.8 Å². The Bertz CT molecular complexity index is 822. The lowest BCUT2D eigenvalue weighted by Gasteiger charge is -2.15. The number of aryl methyl sites for hydroxylation is 2. The van der Waals surface area contributed by atoms with Crippen molar-refractivity contribution in [2.75, 3.05) is 13.1 Å². The van der Waals surface area contributed by atoms with Gasteiger partial charge in [-0.2, -0.15) is 23.4 Å². The van der Waals surface area contributed by atoms with E-state index in [0.717, 1.165) is 18.2 Å². The molecule has 2 aliphatic rings. The van der Waals surface area contributed by atoms with Crippen molar-refractivity contribution in [3.63, 3.8) is 0 Å². The van der Waals surface area contributed by atoms with Crippen molar-refractivity contribution < 1.29 is 18.0 Å². The zero-order valence-corrected chi connectivity index (χ0v) is 13.2. The lowest BCUT2D eigenvalue weighted by Crippen LogP contribution is -2.30. The molecular formula is C15H16F3N5O. The first kappa shape index (κ1) is 15.2. The summed E-state index contributed by atoms with van der Waals surface area (Å²) in [6, 6.07) is 0.822. The molecule has 0 N–H and O–H groups in total. The van der Waals surface area contributed by atoms with Crippen molar-refractivity contribution in [3.8, 4) is 0 Å². The van der Waals surface area contributed by atoms with Gasteiger partial charge in [0.05, 0.1) is 5.69 Å². The van der Waals surface area contributed by atoms with Crippen molar-refractivity contribution in [3.05, 3.63) is 34.9 Å². The summed E-state index contributed by atoms with van der Waals surface area (Å²) in [6.07, 6.45) is -1.67. The van der Waals surface area contributed by atoms with Crippen LogP contribution in [-0.4, -0.2) is 43.5 Å². The van der Waals surface area contributed by atoms with Crippen LogP contribution in [0.2, 0.25) is 0 Å². The lowest BCUT2D eigenvalue weighted by molar-refractivity contribution is -0.143. The van der Waals surface area contributed by atoms with Crippen LogP contribution in [0.3, 0.4) is 0 Å². The van der Waals surface area contributed by atoms with Crippen molar-refractivity contribution >= 4 is 5.91 Å². The third-order valence-corrected chi connectivity index (χ3v) is 4.89. The number of aromatic nitrogens is 4. The molecule has 2 atom stereocenters. The molecule has 1 fully saturated rings. The molecule has 2 aromatic heterocycles. The van der Waals surface area contributed by atoms with E-state index in [1.807, 2.05) is 13.2 Å². The average Bonchev–Trinajstić information content (AvgIpc) is 3.17. The van der Waals surface area contributed by atoms with Crippen LogP contribution in [0, 0.1) is 5.92 Å². The summed E-state index contributed by atoms with van der Waals surface area (Å²) in [7, 11) is 3.05. The van der Waals surface area contributed by atoms with Crippen LogP contribution in [-0.2, 0) is 26.7 Å². The standard InChI is InChI=1S/C15H16F3N5O/c1-21-5-9-3-8-6-23(7-10(8)13(9)20-21)14(24)11-4-12(15(16,17)18)22(2)19-11/h4-5,8,10H,3,6-7H2,1-2H3/t8-,10+/m1/s1. The van der Waals surface area contributed by atoms with Crippen LogP contribution in [0.15, 0.2) is 12.3 Å². The van der Waals surface area contributed by atoms with Gasteiger partial charge in [0.2, 0.25) is 0 Å². The third kappa shape index (κ3) is 2.22. The van der Waals surface area contributed by atoms with E-state index in [0.29, 0.717) is 23.7 Å². The fourth-order valence-corrected chi connectivity index (χ4v) is 3.86. The number of fused-ring (bicyclic) bond motifs is 3. The van der Waals surface area contributed by atoms with Gasteiger partial charge < -0.3 is 4.90 Å². The Morgan fingerprint density at radius 1 is 1.25 bits per heavy atom. The Morgan fingerprint density at radius 3 is 2.67 bits per heavy atom. The SMILES string of the molecule is Cn1cc2c(n1)[C@H]1CN(C(=O)c3cc(C(F)(F)F)n(C)n3)C[C@H]1C2. The van der Waals surface area contributed by atoms with Crippen molar-refractivity contribution in [2.24, 2.45) is 20.0 Å². The normalized spacial score (nSPS) is 22.8. The highest BCUT2D eigenvalue weighted by atomic mass is 19.4. The first-order valence-corrected chi connectivity index (χ1v) is 7.67. The predicted molar refractivity (Wildman–Crippen MR) is 77.3 cm³/mol. The van der Waals surface area contributed by atoms with Gasteiger partial charge in [-0.15, -0.1) is 0 Å². The Kier molecular flexibility index (Phi) is 3.07. The maximum absolute atomic E-state index is 12.9. The second-order valence-electron chi connectivity index (χ2n) is 6.53. The van der Waals surface area contributed by atoms with Gasteiger partial charge in [-0.3, -0.25) is 14.2 Å². The van der Waals surface area contributed by atoms with Crippen LogP contribution in [0.5, 0.6) is 0 Å². The molecule has 0 spiro atoms. The molecule has 1 aliphatic carbocycles. The number of halogens is 3. The van der Waals surface area contributed by atoms with E-state index >= 15 is 0 Å². The molecule has 128 valence electrons. The number of rotatable bonds is 1. The topological polar surface area (TPSA) is 56.0 Å². The zero-order chi connectivity index (χ0) is 17.2. The molecule has 3 heterocycles. The maximum Gasteiger partial charge on any atom is 0.433 e. The molecule has 9 heteroatoms. The lowest BCUT2D eigenvalue weighted by atomic mass is 9.99. The molecule has 0 aromatic carbocycles. The number of carbonyl (C=O) groups is 1.